The number of nitrogens with zero attached hydrogens (tertiary/aromatic N) is 4. The molecule has 2 heterocycles. The Kier molecular flexibility index (Phi) is 7.40. The molecule has 0 amide bonds. The van der Waals surface area contributed by atoms with Crippen LogP contribution in [0.15, 0.2) is 65.7 Å². The molecule has 29 heavy (non-hydrogen) atoms. The van der Waals surface area contributed by atoms with Crippen molar-refractivity contribution in [2.24, 2.45) is 0 Å². The number of hydrogen-bond acceptors (Lipinski definition) is 6. The van der Waals surface area contributed by atoms with E-state index in [-0.39, 0.29) is 5.56 Å². The smallest absolute Gasteiger partial charge is 0.475 e. The SMILES string of the molecule is O=C(O)C(F)(F)F.O=c1ccc(-c2ccccc2)nn1CCNc1ncccn1. The average Bonchev–Trinajstić information content (AvgIpc) is 2.71. The molecule has 0 atom stereocenters. The lowest BCUT2D eigenvalue weighted by molar-refractivity contribution is -0.192. The lowest BCUT2D eigenvalue weighted by atomic mass is 10.1. The number of alkyl halides is 3. The largest absolute Gasteiger partial charge is 0.490 e. The lowest BCUT2D eigenvalue weighted by Gasteiger charge is -2.08. The summed E-state index contributed by atoms with van der Waals surface area (Å²) in [5, 5.41) is 14.6. The molecule has 0 aliphatic heterocycles. The van der Waals surface area contributed by atoms with Crippen LogP contribution in [-0.4, -0.2) is 43.5 Å². The summed E-state index contributed by atoms with van der Waals surface area (Å²) in [5.74, 6) is -2.22. The Bertz CT molecular complexity index is 979. The van der Waals surface area contributed by atoms with Crippen LogP contribution in [0.4, 0.5) is 19.1 Å². The molecule has 3 rings (SSSR count). The zero-order valence-electron chi connectivity index (χ0n) is 14.9. The van der Waals surface area contributed by atoms with Crippen molar-refractivity contribution in [1.82, 2.24) is 19.7 Å². The van der Waals surface area contributed by atoms with Crippen LogP contribution in [0, 0.1) is 0 Å². The first-order chi connectivity index (χ1) is 13.8. The molecule has 3 aromatic rings. The van der Waals surface area contributed by atoms with Crippen LogP contribution in [0.1, 0.15) is 0 Å². The molecule has 2 aromatic heterocycles. The molecule has 0 spiro atoms. The van der Waals surface area contributed by atoms with Crippen molar-refractivity contribution >= 4 is 11.9 Å². The van der Waals surface area contributed by atoms with Gasteiger partial charge in [0.1, 0.15) is 0 Å². The summed E-state index contributed by atoms with van der Waals surface area (Å²) in [5.41, 5.74) is 1.63. The Balaban J connectivity index is 0.000000370. The van der Waals surface area contributed by atoms with Crippen LogP contribution in [0.2, 0.25) is 0 Å². The third kappa shape index (κ3) is 7.05. The van der Waals surface area contributed by atoms with Crippen LogP contribution in [-0.2, 0) is 11.3 Å². The van der Waals surface area contributed by atoms with Crippen molar-refractivity contribution in [3.05, 3.63) is 71.3 Å². The Labute approximate surface area is 162 Å². The highest BCUT2D eigenvalue weighted by Crippen LogP contribution is 2.14. The molecule has 2 N–H and O–H groups in total. The zero-order valence-corrected chi connectivity index (χ0v) is 14.9. The number of anilines is 1. The quantitative estimate of drug-likeness (QED) is 0.668. The predicted molar refractivity (Wildman–Crippen MR) is 98.1 cm³/mol. The Morgan fingerprint density at radius 1 is 1.03 bits per heavy atom. The van der Waals surface area contributed by atoms with Crippen molar-refractivity contribution < 1.29 is 23.1 Å². The third-order valence-corrected chi connectivity index (χ3v) is 3.35. The van der Waals surface area contributed by atoms with Gasteiger partial charge in [0.25, 0.3) is 5.56 Å². The van der Waals surface area contributed by atoms with Gasteiger partial charge >= 0.3 is 12.1 Å². The Morgan fingerprint density at radius 3 is 2.24 bits per heavy atom. The van der Waals surface area contributed by atoms with Crippen molar-refractivity contribution in [1.29, 1.82) is 0 Å². The van der Waals surface area contributed by atoms with E-state index >= 15 is 0 Å². The maximum Gasteiger partial charge on any atom is 0.490 e. The number of halogens is 3. The van der Waals surface area contributed by atoms with E-state index in [1.807, 2.05) is 30.3 Å². The highest BCUT2D eigenvalue weighted by atomic mass is 19.4. The first-order valence-corrected chi connectivity index (χ1v) is 8.22. The van der Waals surface area contributed by atoms with Gasteiger partial charge in [-0.3, -0.25) is 4.79 Å². The zero-order chi connectivity index (χ0) is 21.3. The molecule has 0 saturated carbocycles. The molecular weight excluding hydrogens is 391 g/mol. The number of hydrogen-bond donors (Lipinski definition) is 2. The molecule has 0 saturated heterocycles. The van der Waals surface area contributed by atoms with Crippen LogP contribution in [0.3, 0.4) is 0 Å². The van der Waals surface area contributed by atoms with Gasteiger partial charge in [-0.25, -0.2) is 19.4 Å². The summed E-state index contributed by atoms with van der Waals surface area (Å²) in [6, 6.07) is 14.8. The second-order valence-electron chi connectivity index (χ2n) is 5.45. The summed E-state index contributed by atoms with van der Waals surface area (Å²) in [4.78, 5) is 28.9. The van der Waals surface area contributed by atoms with Crippen LogP contribution < -0.4 is 10.9 Å². The van der Waals surface area contributed by atoms with E-state index in [1.54, 1.807) is 24.5 Å². The van der Waals surface area contributed by atoms with E-state index in [4.69, 9.17) is 9.90 Å². The molecule has 11 heteroatoms. The molecule has 0 fully saturated rings. The van der Waals surface area contributed by atoms with Crippen LogP contribution in [0.5, 0.6) is 0 Å². The minimum absolute atomic E-state index is 0.129. The van der Waals surface area contributed by atoms with E-state index in [0.29, 0.717) is 19.0 Å². The minimum atomic E-state index is -5.08. The molecular formula is C18H16F3N5O3. The number of nitrogens with one attached hydrogen (secondary N) is 1. The fourth-order valence-corrected chi connectivity index (χ4v) is 2.04. The fourth-order valence-electron chi connectivity index (χ4n) is 2.04. The van der Waals surface area contributed by atoms with Gasteiger partial charge in [0.2, 0.25) is 5.95 Å². The first-order valence-electron chi connectivity index (χ1n) is 8.22. The van der Waals surface area contributed by atoms with E-state index in [0.717, 1.165) is 11.3 Å². The highest BCUT2D eigenvalue weighted by molar-refractivity contribution is 5.73. The van der Waals surface area contributed by atoms with E-state index in [2.05, 4.69) is 20.4 Å². The van der Waals surface area contributed by atoms with Crippen molar-refractivity contribution in [3.8, 4) is 11.3 Å². The second kappa shape index (κ2) is 9.97. The summed E-state index contributed by atoms with van der Waals surface area (Å²) < 4.78 is 33.2. The molecule has 0 unspecified atom stereocenters. The standard InChI is InChI=1S/C16H15N5O.C2HF3O2/c22-15-8-7-14(13-5-2-1-3-6-13)20-21(15)12-11-19-16-17-9-4-10-18-16;3-2(4,5)1(6)7/h1-10H,11-12H2,(H,17,18,19);(H,6,7). The molecule has 152 valence electrons. The minimum Gasteiger partial charge on any atom is -0.475 e. The lowest BCUT2D eigenvalue weighted by Crippen LogP contribution is -2.26. The molecule has 0 bridgehead atoms. The number of rotatable bonds is 5. The number of carboxylic acids is 1. The van der Waals surface area contributed by atoms with Gasteiger partial charge in [-0.05, 0) is 12.1 Å². The van der Waals surface area contributed by atoms with Gasteiger partial charge in [-0.1, -0.05) is 30.3 Å². The normalized spacial score (nSPS) is 10.6. The molecule has 8 nitrogen and oxygen atoms in total. The van der Waals surface area contributed by atoms with Gasteiger partial charge in [0.15, 0.2) is 0 Å². The average molecular weight is 407 g/mol. The summed E-state index contributed by atoms with van der Waals surface area (Å²) in [7, 11) is 0. The van der Waals surface area contributed by atoms with E-state index in [1.165, 1.54) is 10.7 Å². The van der Waals surface area contributed by atoms with Gasteiger partial charge in [0, 0.05) is 30.6 Å². The fraction of sp³-hybridized carbons (Fsp3) is 0.167. The number of benzene rings is 1. The first kappa shape index (κ1) is 21.5. The van der Waals surface area contributed by atoms with Crippen molar-refractivity contribution in [3.63, 3.8) is 0 Å². The predicted octanol–water partition coefficient (Wildman–Crippen LogP) is 2.45. The summed E-state index contributed by atoms with van der Waals surface area (Å²) in [6.07, 6.45) is -1.76. The summed E-state index contributed by atoms with van der Waals surface area (Å²) in [6.45, 7) is 0.965. The third-order valence-electron chi connectivity index (χ3n) is 3.35. The van der Waals surface area contributed by atoms with Gasteiger partial charge in [-0.2, -0.15) is 18.3 Å². The topological polar surface area (TPSA) is 110 Å². The Hall–Kier alpha value is -3.76. The van der Waals surface area contributed by atoms with Crippen molar-refractivity contribution in [2.75, 3.05) is 11.9 Å². The monoisotopic (exact) mass is 407 g/mol. The highest BCUT2D eigenvalue weighted by Gasteiger charge is 2.38. The van der Waals surface area contributed by atoms with Crippen LogP contribution >= 0.6 is 0 Å². The van der Waals surface area contributed by atoms with Gasteiger partial charge in [0.05, 0.1) is 12.2 Å². The maximum atomic E-state index is 11.9. The second-order valence-corrected chi connectivity index (χ2v) is 5.45. The summed E-state index contributed by atoms with van der Waals surface area (Å²) >= 11 is 0. The molecule has 0 aliphatic rings. The Morgan fingerprint density at radius 2 is 1.66 bits per heavy atom. The van der Waals surface area contributed by atoms with E-state index in [9.17, 15) is 18.0 Å². The van der Waals surface area contributed by atoms with Crippen LogP contribution in [0.25, 0.3) is 11.3 Å². The number of aliphatic carboxylic acids is 1. The van der Waals surface area contributed by atoms with Gasteiger partial charge in [-0.15, -0.1) is 0 Å². The number of carboxylic acid groups (broad SMARTS) is 1. The van der Waals surface area contributed by atoms with Gasteiger partial charge < -0.3 is 10.4 Å². The number of aromatic nitrogens is 4. The molecule has 1 aromatic carbocycles. The molecule has 0 radical (unpaired) electrons. The number of carbonyl (C=O) groups is 1. The molecule has 0 aliphatic carbocycles. The van der Waals surface area contributed by atoms with E-state index < -0.39 is 12.1 Å². The maximum absolute atomic E-state index is 11.9. The van der Waals surface area contributed by atoms with Crippen molar-refractivity contribution in [2.45, 2.75) is 12.7 Å².